The summed E-state index contributed by atoms with van der Waals surface area (Å²) in [5.41, 5.74) is 4.52. The minimum absolute atomic E-state index is 0.184. The van der Waals surface area contributed by atoms with Crippen LogP contribution >= 0.6 is 0 Å². The lowest BCUT2D eigenvalue weighted by atomic mass is 10.1. The average molecular weight is 509 g/mol. The van der Waals surface area contributed by atoms with E-state index in [9.17, 15) is 9.90 Å². The predicted molar refractivity (Wildman–Crippen MR) is 145 cm³/mol. The summed E-state index contributed by atoms with van der Waals surface area (Å²) in [6.45, 7) is 12.3. The molecule has 1 aromatic carbocycles. The summed E-state index contributed by atoms with van der Waals surface area (Å²) < 4.78 is 9.58. The van der Waals surface area contributed by atoms with Crippen molar-refractivity contribution in [3.8, 4) is 11.4 Å². The Labute approximate surface area is 212 Å². The first-order valence-electron chi connectivity index (χ1n) is 12.5. The molecule has 4 rings (SSSR count). The fraction of sp³-hybridized carbons (Fsp3) is 0.462. The van der Waals surface area contributed by atoms with Gasteiger partial charge in [-0.15, -0.1) is 0 Å². The van der Waals surface area contributed by atoms with Gasteiger partial charge in [0.25, 0.3) is 5.91 Å². The summed E-state index contributed by atoms with van der Waals surface area (Å²) in [5, 5.41) is 18.6. The maximum absolute atomic E-state index is 13.0. The first-order chi connectivity index (χ1) is 17.1. The second-order valence-corrected chi connectivity index (χ2v) is 16.1. The first kappa shape index (κ1) is 26.0. The molecule has 3 heterocycles. The second-order valence-electron chi connectivity index (χ2n) is 10.5. The maximum Gasteiger partial charge on any atom is 0.255 e. The van der Waals surface area contributed by atoms with Crippen molar-refractivity contribution in [3.05, 3.63) is 41.7 Å². The van der Waals surface area contributed by atoms with Crippen LogP contribution in [-0.2, 0) is 18.5 Å². The zero-order valence-electron chi connectivity index (χ0n) is 22.0. The summed E-state index contributed by atoms with van der Waals surface area (Å²) in [6, 6.07) is 6.83. The third-order valence-electron chi connectivity index (χ3n) is 6.17. The van der Waals surface area contributed by atoms with Gasteiger partial charge in [-0.05, 0) is 37.1 Å². The number of hydrogen-bond donors (Lipinski definition) is 2. The average Bonchev–Trinajstić information content (AvgIpc) is 3.36. The molecule has 1 amide bonds. The Hall–Kier alpha value is -3.08. The topological polar surface area (TPSA) is 107 Å². The number of nitrogens with zero attached hydrogens (tertiary/aromatic N) is 5. The molecule has 0 aliphatic heterocycles. The maximum atomic E-state index is 13.0. The molecule has 0 aliphatic rings. The van der Waals surface area contributed by atoms with E-state index in [-0.39, 0.29) is 5.91 Å². The number of aryl methyl sites for hydroxylation is 1. The molecular weight excluding hydrogens is 472 g/mol. The van der Waals surface area contributed by atoms with Crippen molar-refractivity contribution >= 4 is 36.0 Å². The number of hydrogen-bond acceptors (Lipinski definition) is 6. The Morgan fingerprint density at radius 2 is 2.06 bits per heavy atom. The number of rotatable bonds is 10. The monoisotopic (exact) mass is 508 g/mol. The Kier molecular flexibility index (Phi) is 7.58. The summed E-state index contributed by atoms with van der Waals surface area (Å²) in [6.07, 6.45) is 3.70. The van der Waals surface area contributed by atoms with Gasteiger partial charge in [0, 0.05) is 39.9 Å². The molecule has 0 fully saturated rings. The van der Waals surface area contributed by atoms with Gasteiger partial charge in [0.05, 0.1) is 23.4 Å². The Morgan fingerprint density at radius 1 is 1.28 bits per heavy atom. The summed E-state index contributed by atoms with van der Waals surface area (Å²) in [7, 11) is 0.668. The molecule has 0 bridgehead atoms. The smallest absolute Gasteiger partial charge is 0.255 e. The molecule has 0 saturated carbocycles. The van der Waals surface area contributed by atoms with Crippen LogP contribution in [0.25, 0.3) is 33.5 Å². The molecule has 0 spiro atoms. The molecule has 10 heteroatoms. The Morgan fingerprint density at radius 3 is 2.75 bits per heavy atom. The molecule has 3 aromatic heterocycles. The fourth-order valence-corrected chi connectivity index (χ4v) is 4.79. The van der Waals surface area contributed by atoms with Gasteiger partial charge in [0.15, 0.2) is 5.65 Å². The normalized spacial score (nSPS) is 13.0. The van der Waals surface area contributed by atoms with Crippen molar-refractivity contribution in [1.29, 1.82) is 0 Å². The van der Waals surface area contributed by atoms with Crippen molar-refractivity contribution in [1.82, 2.24) is 29.6 Å². The molecular formula is C26H36N6O3Si. The van der Waals surface area contributed by atoms with Crippen LogP contribution in [0, 0.1) is 0 Å². The quantitative estimate of drug-likeness (QED) is 0.241. The number of ether oxygens (including phenoxy) is 1. The van der Waals surface area contributed by atoms with Crippen molar-refractivity contribution in [3.63, 3.8) is 0 Å². The van der Waals surface area contributed by atoms with E-state index in [1.54, 1.807) is 24.0 Å². The third kappa shape index (κ3) is 5.50. The van der Waals surface area contributed by atoms with Crippen molar-refractivity contribution in [2.75, 3.05) is 13.2 Å². The van der Waals surface area contributed by atoms with Crippen LogP contribution in [0.3, 0.4) is 0 Å². The van der Waals surface area contributed by atoms with Gasteiger partial charge in [-0.25, -0.2) is 9.97 Å². The van der Waals surface area contributed by atoms with E-state index in [0.717, 1.165) is 28.9 Å². The predicted octanol–water partition coefficient (Wildman–Crippen LogP) is 4.49. The lowest BCUT2D eigenvalue weighted by molar-refractivity contribution is 0.0892. The first-order valence-corrected chi connectivity index (χ1v) is 16.2. The number of aliphatic hydroxyl groups is 1. The molecule has 4 aromatic rings. The largest absolute Gasteiger partial charge is 0.389 e. The molecule has 1 atom stereocenters. The lowest BCUT2D eigenvalue weighted by Gasteiger charge is -2.15. The van der Waals surface area contributed by atoms with E-state index in [1.807, 2.05) is 36.7 Å². The van der Waals surface area contributed by atoms with Crippen LogP contribution in [0.5, 0.6) is 0 Å². The van der Waals surface area contributed by atoms with Gasteiger partial charge in [0.1, 0.15) is 23.6 Å². The number of aromatic nitrogens is 5. The molecule has 36 heavy (non-hydrogen) atoms. The van der Waals surface area contributed by atoms with E-state index >= 15 is 0 Å². The standard InChI is InChI=1S/C26H36N6O3Si/c1-7-10-27-26(34)20-15-32(16-35-11-12-36(4,5)6)25-24(20)29-21(14-28-25)23-19-13-18(17(2)33)8-9-22(19)31(3)30-23/h8-9,13-15,17,33H,7,10-12,16H2,1-6H3,(H,27,34). The molecule has 192 valence electrons. The van der Waals surface area contributed by atoms with Crippen LogP contribution in [0.2, 0.25) is 25.7 Å². The van der Waals surface area contributed by atoms with Crippen LogP contribution in [0.1, 0.15) is 42.3 Å². The van der Waals surface area contributed by atoms with E-state index in [0.29, 0.717) is 48.0 Å². The van der Waals surface area contributed by atoms with E-state index < -0.39 is 14.2 Å². The van der Waals surface area contributed by atoms with Gasteiger partial charge in [-0.3, -0.25) is 9.48 Å². The third-order valence-corrected chi connectivity index (χ3v) is 7.88. The minimum Gasteiger partial charge on any atom is -0.389 e. The highest BCUT2D eigenvalue weighted by atomic mass is 28.3. The van der Waals surface area contributed by atoms with Gasteiger partial charge in [-0.1, -0.05) is 32.6 Å². The zero-order valence-corrected chi connectivity index (χ0v) is 23.0. The SMILES string of the molecule is CCCNC(=O)c1cn(COCC[Si](C)(C)C)c2ncc(-c3nn(C)c4ccc(C(C)O)cc34)nc12. The Balaban J connectivity index is 1.76. The second kappa shape index (κ2) is 10.5. The minimum atomic E-state index is -1.20. The molecule has 0 aliphatic carbocycles. The Bertz CT molecular complexity index is 1390. The summed E-state index contributed by atoms with van der Waals surface area (Å²) in [4.78, 5) is 22.6. The number of benzene rings is 1. The highest BCUT2D eigenvalue weighted by molar-refractivity contribution is 6.76. The van der Waals surface area contributed by atoms with Crippen LogP contribution in [-0.4, -0.2) is 56.6 Å². The van der Waals surface area contributed by atoms with E-state index in [4.69, 9.17) is 14.7 Å². The molecule has 0 radical (unpaired) electrons. The van der Waals surface area contributed by atoms with Crippen molar-refractivity contribution in [2.45, 2.75) is 58.8 Å². The van der Waals surface area contributed by atoms with Crippen LogP contribution in [0.15, 0.2) is 30.6 Å². The number of fused-ring (bicyclic) bond motifs is 2. The number of nitrogens with one attached hydrogen (secondary N) is 1. The number of amides is 1. The molecule has 9 nitrogen and oxygen atoms in total. The van der Waals surface area contributed by atoms with E-state index in [2.05, 4.69) is 30.1 Å². The molecule has 0 saturated heterocycles. The number of carbonyl (C=O) groups is 1. The van der Waals surface area contributed by atoms with Gasteiger partial charge >= 0.3 is 0 Å². The molecule has 2 N–H and O–H groups in total. The van der Waals surface area contributed by atoms with E-state index in [1.165, 1.54) is 0 Å². The van der Waals surface area contributed by atoms with Gasteiger partial charge in [0.2, 0.25) is 0 Å². The van der Waals surface area contributed by atoms with Gasteiger partial charge < -0.3 is 19.7 Å². The van der Waals surface area contributed by atoms with Crippen molar-refractivity contribution in [2.24, 2.45) is 7.05 Å². The van der Waals surface area contributed by atoms with Crippen molar-refractivity contribution < 1.29 is 14.6 Å². The molecule has 1 unspecified atom stereocenters. The zero-order chi connectivity index (χ0) is 26.0. The summed E-state index contributed by atoms with van der Waals surface area (Å²) in [5.74, 6) is -0.184. The van der Waals surface area contributed by atoms with Crippen LogP contribution in [0.4, 0.5) is 0 Å². The lowest BCUT2D eigenvalue weighted by Crippen LogP contribution is -2.24. The summed E-state index contributed by atoms with van der Waals surface area (Å²) >= 11 is 0. The number of aliphatic hydroxyl groups excluding tert-OH is 1. The van der Waals surface area contributed by atoms with Crippen LogP contribution < -0.4 is 5.32 Å². The highest BCUT2D eigenvalue weighted by Crippen LogP contribution is 2.30. The highest BCUT2D eigenvalue weighted by Gasteiger charge is 2.21. The van der Waals surface area contributed by atoms with Gasteiger partial charge in [-0.2, -0.15) is 5.10 Å². The fourth-order valence-electron chi connectivity index (χ4n) is 4.04. The number of carbonyl (C=O) groups excluding carboxylic acids is 1.